The molecule has 2 nitrogen and oxygen atoms in total. The molecule has 2 heteroatoms. The maximum absolute atomic E-state index is 12.3. The number of benzene rings is 2. The number of fused-ring (bicyclic) bond motifs is 3. The van der Waals surface area contributed by atoms with Gasteiger partial charge in [-0.1, -0.05) is 24.3 Å². The Morgan fingerprint density at radius 3 is 2.33 bits per heavy atom. The molecule has 0 bridgehead atoms. The zero-order chi connectivity index (χ0) is 12.9. The number of Topliss-reactive ketones (excluding diaryl/α,β-unsaturated/α-hetero) is 1. The Balaban J connectivity index is 2.50. The van der Waals surface area contributed by atoms with E-state index >= 15 is 0 Å². The summed E-state index contributed by atoms with van der Waals surface area (Å²) < 4.78 is 0. The first-order valence-corrected chi connectivity index (χ1v) is 5.89. The highest BCUT2D eigenvalue weighted by molar-refractivity contribution is 6.29. The predicted octanol–water partition coefficient (Wildman–Crippen LogP) is 3.47. The Bertz CT molecular complexity index is 736. The second kappa shape index (κ2) is 3.64. The Labute approximate surface area is 105 Å². The lowest BCUT2D eigenvalue weighted by Gasteiger charge is -2.16. The molecule has 3 rings (SSSR count). The van der Waals surface area contributed by atoms with Crippen LogP contribution >= 0.6 is 0 Å². The zero-order valence-corrected chi connectivity index (χ0v) is 10.3. The lowest BCUT2D eigenvalue weighted by molar-refractivity contribution is 0.0986. The molecule has 0 saturated carbocycles. The minimum Gasteiger partial charge on any atom is -0.289 e. The van der Waals surface area contributed by atoms with Gasteiger partial charge in [0.15, 0.2) is 11.6 Å². The number of ketones is 2. The van der Waals surface area contributed by atoms with Crippen molar-refractivity contribution < 1.29 is 9.59 Å². The fourth-order valence-electron chi connectivity index (χ4n) is 2.53. The van der Waals surface area contributed by atoms with E-state index in [1.54, 1.807) is 6.92 Å². The summed E-state index contributed by atoms with van der Waals surface area (Å²) in [6.07, 6.45) is 1.43. The molecular formula is C16H12O2. The molecule has 0 heterocycles. The Morgan fingerprint density at radius 1 is 0.944 bits per heavy atom. The highest BCUT2D eigenvalue weighted by Gasteiger charge is 2.25. The van der Waals surface area contributed by atoms with Crippen molar-refractivity contribution in [3.8, 4) is 0 Å². The van der Waals surface area contributed by atoms with E-state index in [-0.39, 0.29) is 11.6 Å². The summed E-state index contributed by atoms with van der Waals surface area (Å²) in [5, 5.41) is 1.91. The Kier molecular flexibility index (Phi) is 2.20. The molecule has 2 aromatic rings. The van der Waals surface area contributed by atoms with Crippen LogP contribution in [0.4, 0.5) is 0 Å². The molecule has 2 aromatic carbocycles. The zero-order valence-electron chi connectivity index (χ0n) is 10.3. The van der Waals surface area contributed by atoms with Crippen molar-refractivity contribution in [1.82, 2.24) is 0 Å². The first-order chi connectivity index (χ1) is 8.59. The molecule has 0 radical (unpaired) electrons. The number of carbonyl (C=O) groups is 2. The second-order valence-corrected chi connectivity index (χ2v) is 4.68. The molecule has 0 amide bonds. The van der Waals surface area contributed by atoms with Gasteiger partial charge in [0.1, 0.15) is 0 Å². The largest absolute Gasteiger partial charge is 0.289 e. The van der Waals surface area contributed by atoms with Crippen LogP contribution in [-0.4, -0.2) is 11.6 Å². The van der Waals surface area contributed by atoms with Crippen molar-refractivity contribution >= 4 is 22.3 Å². The minimum absolute atomic E-state index is 0.0409. The maximum atomic E-state index is 12.3. The predicted molar refractivity (Wildman–Crippen MR) is 71.1 cm³/mol. The average molecular weight is 236 g/mol. The van der Waals surface area contributed by atoms with E-state index in [9.17, 15) is 9.59 Å². The molecule has 1 aliphatic carbocycles. The van der Waals surface area contributed by atoms with Crippen LogP contribution in [0.15, 0.2) is 42.0 Å². The second-order valence-electron chi connectivity index (χ2n) is 4.68. The lowest BCUT2D eigenvalue weighted by Crippen LogP contribution is -2.16. The Hall–Kier alpha value is -2.22. The van der Waals surface area contributed by atoms with Crippen molar-refractivity contribution in [2.24, 2.45) is 0 Å². The summed E-state index contributed by atoms with van der Waals surface area (Å²) in [4.78, 5) is 24.3. The van der Waals surface area contributed by atoms with E-state index in [0.717, 1.165) is 16.3 Å². The van der Waals surface area contributed by atoms with Crippen molar-refractivity contribution in [3.05, 3.63) is 58.7 Å². The number of rotatable bonds is 0. The maximum Gasteiger partial charge on any atom is 0.190 e. The number of hydrogen-bond donors (Lipinski definition) is 0. The minimum atomic E-state index is -0.0732. The van der Waals surface area contributed by atoms with E-state index in [4.69, 9.17) is 0 Å². The summed E-state index contributed by atoms with van der Waals surface area (Å²) in [5.41, 5.74) is 2.63. The average Bonchev–Trinajstić information content (AvgIpc) is 2.36. The summed E-state index contributed by atoms with van der Waals surface area (Å²) >= 11 is 0. The van der Waals surface area contributed by atoms with E-state index < -0.39 is 0 Å². The third-order valence-corrected chi connectivity index (χ3v) is 3.45. The van der Waals surface area contributed by atoms with E-state index in [0.29, 0.717) is 16.7 Å². The number of aryl methyl sites for hydroxylation is 1. The van der Waals surface area contributed by atoms with Crippen molar-refractivity contribution in [2.75, 3.05) is 0 Å². The lowest BCUT2D eigenvalue weighted by atomic mass is 9.85. The van der Waals surface area contributed by atoms with Gasteiger partial charge in [0.05, 0.1) is 0 Å². The van der Waals surface area contributed by atoms with Crippen molar-refractivity contribution in [3.63, 3.8) is 0 Å². The molecule has 18 heavy (non-hydrogen) atoms. The van der Waals surface area contributed by atoms with Gasteiger partial charge in [-0.15, -0.1) is 0 Å². The fraction of sp³-hybridized carbons (Fsp3) is 0.125. The van der Waals surface area contributed by atoms with Gasteiger partial charge < -0.3 is 0 Å². The third-order valence-electron chi connectivity index (χ3n) is 3.45. The molecule has 88 valence electrons. The van der Waals surface area contributed by atoms with Gasteiger partial charge in [-0.2, -0.15) is 0 Å². The molecule has 0 atom stereocenters. The molecule has 0 spiro atoms. The van der Waals surface area contributed by atoms with Gasteiger partial charge in [0.25, 0.3) is 0 Å². The monoisotopic (exact) mass is 236 g/mol. The first kappa shape index (κ1) is 10.9. The van der Waals surface area contributed by atoms with E-state index in [1.807, 2.05) is 37.3 Å². The van der Waals surface area contributed by atoms with Crippen LogP contribution in [0, 0.1) is 6.92 Å². The van der Waals surface area contributed by atoms with Gasteiger partial charge in [-0.3, -0.25) is 9.59 Å². The third kappa shape index (κ3) is 1.35. The fourth-order valence-corrected chi connectivity index (χ4v) is 2.53. The molecule has 0 unspecified atom stereocenters. The molecule has 0 N–H and O–H groups in total. The van der Waals surface area contributed by atoms with Gasteiger partial charge in [-0.05, 0) is 42.3 Å². The van der Waals surface area contributed by atoms with Crippen LogP contribution in [-0.2, 0) is 0 Å². The van der Waals surface area contributed by atoms with Gasteiger partial charge in [0.2, 0.25) is 0 Å². The van der Waals surface area contributed by atoms with Crippen LogP contribution in [0.3, 0.4) is 0 Å². The molecular weight excluding hydrogens is 224 g/mol. The number of allylic oxidation sites excluding steroid dienone is 2. The van der Waals surface area contributed by atoms with Gasteiger partial charge >= 0.3 is 0 Å². The quantitative estimate of drug-likeness (QED) is 0.701. The highest BCUT2D eigenvalue weighted by Crippen LogP contribution is 2.31. The molecule has 0 aromatic heterocycles. The van der Waals surface area contributed by atoms with Crippen molar-refractivity contribution in [1.29, 1.82) is 0 Å². The Morgan fingerprint density at radius 2 is 1.61 bits per heavy atom. The topological polar surface area (TPSA) is 34.1 Å². The molecule has 0 saturated heterocycles. The van der Waals surface area contributed by atoms with Gasteiger partial charge in [-0.25, -0.2) is 0 Å². The summed E-state index contributed by atoms with van der Waals surface area (Å²) in [7, 11) is 0. The molecule has 1 aliphatic rings. The van der Waals surface area contributed by atoms with E-state index in [1.165, 1.54) is 6.08 Å². The van der Waals surface area contributed by atoms with Crippen LogP contribution < -0.4 is 0 Å². The summed E-state index contributed by atoms with van der Waals surface area (Å²) in [6.45, 7) is 3.66. The standard InChI is InChI=1S/C16H12O2/c1-9-7-13-14(17)8-10(2)16(18)15(13)12-6-4-3-5-11(9)12/h3-8H,1-2H3. The van der Waals surface area contributed by atoms with Crippen LogP contribution in [0.25, 0.3) is 10.8 Å². The van der Waals surface area contributed by atoms with Crippen molar-refractivity contribution in [2.45, 2.75) is 13.8 Å². The van der Waals surface area contributed by atoms with Gasteiger partial charge in [0, 0.05) is 16.7 Å². The number of carbonyl (C=O) groups excluding carboxylic acids is 2. The molecule has 0 fully saturated rings. The smallest absolute Gasteiger partial charge is 0.190 e. The summed E-state index contributed by atoms with van der Waals surface area (Å²) in [6, 6.07) is 9.55. The van der Waals surface area contributed by atoms with E-state index in [2.05, 4.69) is 0 Å². The van der Waals surface area contributed by atoms with Crippen LogP contribution in [0.2, 0.25) is 0 Å². The number of hydrogen-bond acceptors (Lipinski definition) is 2. The SMILES string of the molecule is CC1=CC(=O)c2cc(C)c3ccccc3c2C1=O. The van der Waals surface area contributed by atoms with Crippen LogP contribution in [0.5, 0.6) is 0 Å². The first-order valence-electron chi connectivity index (χ1n) is 5.89. The highest BCUT2D eigenvalue weighted by atomic mass is 16.1. The molecule has 0 aliphatic heterocycles. The van der Waals surface area contributed by atoms with Crippen LogP contribution in [0.1, 0.15) is 33.2 Å². The normalized spacial score (nSPS) is 14.7. The summed E-state index contributed by atoms with van der Waals surface area (Å²) in [5.74, 6) is -0.114.